The van der Waals surface area contributed by atoms with Crippen molar-refractivity contribution >= 4 is 11.9 Å². The second-order valence-corrected chi connectivity index (χ2v) is 8.44. The molecule has 2 heterocycles. The highest BCUT2D eigenvalue weighted by molar-refractivity contribution is 6.03. The van der Waals surface area contributed by atoms with Gasteiger partial charge in [-0.15, -0.1) is 0 Å². The lowest BCUT2D eigenvalue weighted by atomic mass is 10.0. The Morgan fingerprint density at radius 1 is 1.17 bits per heavy atom. The fourth-order valence-corrected chi connectivity index (χ4v) is 4.14. The van der Waals surface area contributed by atoms with Crippen molar-refractivity contribution in [3.63, 3.8) is 0 Å². The van der Waals surface area contributed by atoms with Crippen molar-refractivity contribution in [2.75, 3.05) is 11.9 Å². The number of nitrogens with zero attached hydrogens (tertiary/aromatic N) is 3. The average molecular weight is 403 g/mol. The number of hydrogen-bond donors (Lipinski definition) is 1. The van der Waals surface area contributed by atoms with Gasteiger partial charge in [0.1, 0.15) is 0 Å². The maximum Gasteiger partial charge on any atom is 0.257 e. The van der Waals surface area contributed by atoms with Crippen LogP contribution in [-0.2, 0) is 13.6 Å². The number of nitrogens with one attached hydrogen (secondary N) is 1. The molecule has 1 unspecified atom stereocenters. The number of likely N-dealkylation sites (tertiary alicyclic amines) is 1. The van der Waals surface area contributed by atoms with E-state index in [-0.39, 0.29) is 5.91 Å². The van der Waals surface area contributed by atoms with Crippen LogP contribution in [0.4, 0.5) is 5.95 Å². The molecule has 5 nitrogen and oxygen atoms in total. The average Bonchev–Trinajstić information content (AvgIpc) is 3.30. The van der Waals surface area contributed by atoms with Crippen molar-refractivity contribution in [2.45, 2.75) is 46.2 Å². The summed E-state index contributed by atoms with van der Waals surface area (Å²) in [6, 6.07) is 14.9. The number of imidazole rings is 1. The van der Waals surface area contributed by atoms with Gasteiger partial charge in [0.2, 0.25) is 5.95 Å². The predicted octanol–water partition coefficient (Wildman–Crippen LogP) is 4.94. The van der Waals surface area contributed by atoms with Gasteiger partial charge in [-0.3, -0.25) is 15.0 Å². The summed E-state index contributed by atoms with van der Waals surface area (Å²) in [5.41, 5.74) is 6.41. The molecule has 0 spiro atoms. The molecule has 30 heavy (non-hydrogen) atoms. The van der Waals surface area contributed by atoms with Gasteiger partial charge in [-0.25, -0.2) is 4.98 Å². The Bertz CT molecular complexity index is 1070. The molecule has 1 fully saturated rings. The Morgan fingerprint density at radius 3 is 2.73 bits per heavy atom. The zero-order chi connectivity index (χ0) is 21.3. The van der Waals surface area contributed by atoms with Crippen LogP contribution in [0.25, 0.3) is 11.3 Å². The number of aromatic nitrogens is 2. The Balaban J connectivity index is 1.50. The number of benzene rings is 2. The van der Waals surface area contributed by atoms with Crippen molar-refractivity contribution in [3.8, 4) is 11.3 Å². The third kappa shape index (κ3) is 4.17. The van der Waals surface area contributed by atoms with E-state index in [0.717, 1.165) is 24.3 Å². The fourth-order valence-electron chi connectivity index (χ4n) is 4.14. The van der Waals surface area contributed by atoms with Crippen molar-refractivity contribution < 1.29 is 4.79 Å². The molecule has 1 aliphatic heterocycles. The maximum absolute atomic E-state index is 12.9. The number of aryl methyl sites for hydroxylation is 2. The third-order valence-electron chi connectivity index (χ3n) is 6.28. The molecule has 1 N–H and O–H groups in total. The van der Waals surface area contributed by atoms with Gasteiger partial charge in [-0.2, -0.15) is 0 Å². The summed E-state index contributed by atoms with van der Waals surface area (Å²) in [4.78, 5) is 19.8. The summed E-state index contributed by atoms with van der Waals surface area (Å²) in [5, 5.41) is 2.97. The van der Waals surface area contributed by atoms with Gasteiger partial charge in [-0.05, 0) is 75.0 Å². The van der Waals surface area contributed by atoms with E-state index < -0.39 is 0 Å². The quantitative estimate of drug-likeness (QED) is 0.658. The SMILES string of the molecule is Cc1ccc(-c2cnc(NC(=O)c3cccc(CN4CCCC4C)c3)n2C)cc1C. The lowest BCUT2D eigenvalue weighted by molar-refractivity contribution is 0.102. The fraction of sp³-hybridized carbons (Fsp3) is 0.360. The van der Waals surface area contributed by atoms with Gasteiger partial charge < -0.3 is 4.57 Å². The first-order chi connectivity index (χ1) is 14.4. The highest BCUT2D eigenvalue weighted by atomic mass is 16.1. The van der Waals surface area contributed by atoms with Crippen molar-refractivity contribution in [1.29, 1.82) is 0 Å². The third-order valence-corrected chi connectivity index (χ3v) is 6.28. The molecule has 0 radical (unpaired) electrons. The highest BCUT2D eigenvalue weighted by Gasteiger charge is 2.20. The van der Waals surface area contributed by atoms with Gasteiger partial charge >= 0.3 is 0 Å². The minimum absolute atomic E-state index is 0.133. The molecule has 0 bridgehead atoms. The molecule has 5 heteroatoms. The van der Waals surface area contributed by atoms with Gasteiger partial charge in [0.25, 0.3) is 5.91 Å². The van der Waals surface area contributed by atoms with Crippen LogP contribution < -0.4 is 5.32 Å². The van der Waals surface area contributed by atoms with Crippen LogP contribution in [0.3, 0.4) is 0 Å². The molecular weight excluding hydrogens is 372 g/mol. The highest BCUT2D eigenvalue weighted by Crippen LogP contribution is 2.25. The van der Waals surface area contributed by atoms with Crippen LogP contribution >= 0.6 is 0 Å². The molecule has 0 aliphatic carbocycles. The number of carbonyl (C=O) groups excluding carboxylic acids is 1. The van der Waals surface area contributed by atoms with Gasteiger partial charge in [-0.1, -0.05) is 24.3 Å². The smallest absolute Gasteiger partial charge is 0.257 e. The molecule has 156 valence electrons. The number of anilines is 1. The first-order valence-electron chi connectivity index (χ1n) is 10.7. The van der Waals surface area contributed by atoms with E-state index in [1.54, 1.807) is 0 Å². The monoisotopic (exact) mass is 402 g/mol. The molecule has 2 aromatic carbocycles. The van der Waals surface area contributed by atoms with E-state index in [9.17, 15) is 4.79 Å². The number of amides is 1. The van der Waals surface area contributed by atoms with Crippen LogP contribution in [0.2, 0.25) is 0 Å². The van der Waals surface area contributed by atoms with Crippen LogP contribution in [0, 0.1) is 13.8 Å². The summed E-state index contributed by atoms with van der Waals surface area (Å²) < 4.78 is 1.93. The number of carbonyl (C=O) groups is 1. The first-order valence-corrected chi connectivity index (χ1v) is 10.7. The summed E-state index contributed by atoms with van der Waals surface area (Å²) >= 11 is 0. The summed E-state index contributed by atoms with van der Waals surface area (Å²) in [6.45, 7) is 8.51. The van der Waals surface area contributed by atoms with Crippen LogP contribution in [0.15, 0.2) is 48.7 Å². The molecule has 0 saturated carbocycles. The molecule has 1 saturated heterocycles. The van der Waals surface area contributed by atoms with Gasteiger partial charge in [0.15, 0.2) is 0 Å². The Labute approximate surface area is 178 Å². The van der Waals surface area contributed by atoms with Crippen molar-refractivity contribution in [3.05, 3.63) is 70.9 Å². The zero-order valence-electron chi connectivity index (χ0n) is 18.3. The van der Waals surface area contributed by atoms with Gasteiger partial charge in [0.05, 0.1) is 11.9 Å². The number of hydrogen-bond acceptors (Lipinski definition) is 3. The predicted molar refractivity (Wildman–Crippen MR) is 122 cm³/mol. The molecule has 4 rings (SSSR count). The lowest BCUT2D eigenvalue weighted by Crippen LogP contribution is -2.26. The second-order valence-electron chi connectivity index (χ2n) is 8.44. The summed E-state index contributed by atoms with van der Waals surface area (Å²) in [6.07, 6.45) is 4.32. The lowest BCUT2D eigenvalue weighted by Gasteiger charge is -2.21. The zero-order valence-corrected chi connectivity index (χ0v) is 18.3. The van der Waals surface area contributed by atoms with E-state index in [0.29, 0.717) is 17.6 Å². The van der Waals surface area contributed by atoms with E-state index in [1.165, 1.54) is 29.5 Å². The van der Waals surface area contributed by atoms with E-state index >= 15 is 0 Å². The maximum atomic E-state index is 12.9. The molecule has 3 aromatic rings. The molecule has 1 aliphatic rings. The summed E-state index contributed by atoms with van der Waals surface area (Å²) in [7, 11) is 1.93. The topological polar surface area (TPSA) is 50.2 Å². The van der Waals surface area contributed by atoms with Crippen molar-refractivity contribution in [1.82, 2.24) is 14.5 Å². The summed E-state index contributed by atoms with van der Waals surface area (Å²) in [5.74, 6) is 0.415. The standard InChI is InChI=1S/C25H30N4O/c1-17-10-11-21(13-18(17)2)23-15-26-25(28(23)4)27-24(30)22-9-5-8-20(14-22)16-29-12-6-7-19(29)3/h5,8-11,13-15,19H,6-7,12,16H2,1-4H3,(H,26,27,30). The molecular formula is C25H30N4O. The normalized spacial score (nSPS) is 16.7. The Morgan fingerprint density at radius 2 is 2.00 bits per heavy atom. The second kappa shape index (κ2) is 8.44. The molecule has 1 atom stereocenters. The van der Waals surface area contributed by atoms with Gasteiger partial charge in [0, 0.05) is 30.8 Å². The minimum Gasteiger partial charge on any atom is -0.313 e. The molecule has 1 aromatic heterocycles. The first kappa shape index (κ1) is 20.4. The van der Waals surface area contributed by atoms with Crippen LogP contribution in [-0.4, -0.2) is 32.9 Å². The minimum atomic E-state index is -0.133. The van der Waals surface area contributed by atoms with E-state index in [2.05, 4.69) is 60.2 Å². The van der Waals surface area contributed by atoms with E-state index in [1.807, 2.05) is 36.0 Å². The number of rotatable bonds is 5. The molecule has 1 amide bonds. The Kier molecular flexibility index (Phi) is 5.73. The van der Waals surface area contributed by atoms with E-state index in [4.69, 9.17) is 0 Å². The van der Waals surface area contributed by atoms with Crippen molar-refractivity contribution in [2.24, 2.45) is 7.05 Å². The van der Waals surface area contributed by atoms with Crippen LogP contribution in [0.1, 0.15) is 46.8 Å². The Hall–Kier alpha value is -2.92. The largest absolute Gasteiger partial charge is 0.313 e. The van der Waals surface area contributed by atoms with Crippen LogP contribution in [0.5, 0.6) is 0 Å².